The van der Waals surface area contributed by atoms with Crippen LogP contribution in [0.5, 0.6) is 0 Å². The fraction of sp³-hybridized carbons (Fsp3) is 0.308. The third-order valence-electron chi connectivity index (χ3n) is 5.43. The van der Waals surface area contributed by atoms with Gasteiger partial charge in [-0.1, -0.05) is 29.9 Å². The molecule has 0 amide bonds. The van der Waals surface area contributed by atoms with Gasteiger partial charge in [-0.15, -0.1) is 0 Å². The second-order valence-corrected chi connectivity index (χ2v) is 8.55. The number of nitrogens with one attached hydrogen (secondary N) is 2. The molecule has 0 radical (unpaired) electrons. The van der Waals surface area contributed by atoms with E-state index in [4.69, 9.17) is 0 Å². The molecule has 0 spiro atoms. The van der Waals surface area contributed by atoms with Gasteiger partial charge in [0.2, 0.25) is 11.9 Å². The molecule has 1 fully saturated rings. The predicted molar refractivity (Wildman–Crippen MR) is 130 cm³/mol. The zero-order valence-corrected chi connectivity index (χ0v) is 19.4. The van der Waals surface area contributed by atoms with E-state index in [-0.39, 0.29) is 11.6 Å². The first kappa shape index (κ1) is 24.4. The third kappa shape index (κ3) is 7.91. The summed E-state index contributed by atoms with van der Waals surface area (Å²) in [4.78, 5) is 17.4. The molecule has 1 aliphatic rings. The van der Waals surface area contributed by atoms with E-state index >= 15 is 0 Å². The van der Waals surface area contributed by atoms with Crippen LogP contribution in [-0.2, 0) is 19.0 Å². The Labute approximate surface area is 202 Å². The lowest BCUT2D eigenvalue weighted by Gasteiger charge is -2.12. The summed E-state index contributed by atoms with van der Waals surface area (Å²) in [6.45, 7) is 2.55. The maximum Gasteiger partial charge on any atom is 0.416 e. The average Bonchev–Trinajstić information content (AvgIpc) is 3.66. The van der Waals surface area contributed by atoms with Crippen LogP contribution in [0.15, 0.2) is 72.6 Å². The van der Waals surface area contributed by atoms with Crippen molar-refractivity contribution in [3.63, 3.8) is 0 Å². The minimum atomic E-state index is -4.43. The van der Waals surface area contributed by atoms with Gasteiger partial charge in [0.1, 0.15) is 5.82 Å². The molecular weight excluding hydrogens is 453 g/mol. The van der Waals surface area contributed by atoms with Crippen molar-refractivity contribution in [3.05, 3.63) is 89.5 Å². The van der Waals surface area contributed by atoms with E-state index in [1.54, 1.807) is 18.5 Å². The van der Waals surface area contributed by atoms with Gasteiger partial charge in [0, 0.05) is 31.0 Å². The zero-order chi connectivity index (χ0) is 24.7. The van der Waals surface area contributed by atoms with Gasteiger partial charge in [-0.25, -0.2) is 0 Å². The number of nitrogens with zero attached hydrogens (tertiary/aromatic N) is 4. The molecule has 1 aliphatic carbocycles. The number of benzene rings is 1. The van der Waals surface area contributed by atoms with E-state index in [9.17, 15) is 13.2 Å². The highest BCUT2D eigenvalue weighted by molar-refractivity contribution is 5.55. The Morgan fingerprint density at radius 2 is 1.80 bits per heavy atom. The molecular formula is C26H27F3N6. The summed E-state index contributed by atoms with van der Waals surface area (Å²) in [6.07, 6.45) is 9.11. The summed E-state index contributed by atoms with van der Waals surface area (Å²) < 4.78 is 39.3. The predicted octanol–water partition coefficient (Wildman–Crippen LogP) is 6.14. The summed E-state index contributed by atoms with van der Waals surface area (Å²) in [5, 5.41) is 6.10. The monoisotopic (exact) mass is 480 g/mol. The molecule has 2 N–H and O–H groups in total. The van der Waals surface area contributed by atoms with Crippen LogP contribution in [0.4, 0.5) is 30.8 Å². The first-order valence-electron chi connectivity index (χ1n) is 11.5. The van der Waals surface area contributed by atoms with Crippen molar-refractivity contribution in [2.24, 2.45) is 5.92 Å². The Balaban J connectivity index is 1.51. The summed E-state index contributed by atoms with van der Waals surface area (Å²) in [5.41, 5.74) is 1.70. The highest BCUT2D eigenvalue weighted by atomic mass is 19.4. The van der Waals surface area contributed by atoms with Crippen LogP contribution in [-0.4, -0.2) is 26.5 Å². The largest absolute Gasteiger partial charge is 0.416 e. The van der Waals surface area contributed by atoms with Crippen LogP contribution in [0.3, 0.4) is 0 Å². The Kier molecular flexibility index (Phi) is 7.74. The number of anilines is 3. The second kappa shape index (κ2) is 11.1. The third-order valence-corrected chi connectivity index (χ3v) is 5.43. The number of hydrogen-bond donors (Lipinski definition) is 2. The van der Waals surface area contributed by atoms with Gasteiger partial charge in [-0.05, 0) is 68.0 Å². The van der Waals surface area contributed by atoms with Crippen LogP contribution in [0.1, 0.15) is 36.7 Å². The number of aromatic nitrogens is 4. The molecule has 0 aliphatic heterocycles. The van der Waals surface area contributed by atoms with E-state index in [1.165, 1.54) is 18.9 Å². The maximum absolute atomic E-state index is 13.1. The highest BCUT2D eigenvalue weighted by Crippen LogP contribution is 2.31. The van der Waals surface area contributed by atoms with Crippen LogP contribution in [0.25, 0.3) is 0 Å². The SMILES string of the molecule is C/C(=C\C=C/C1CC1)CNc1nc(CCc2ccncc2)nc(Nc2cccc(C(F)(F)F)c2)n1. The number of aryl methyl sites for hydroxylation is 2. The van der Waals surface area contributed by atoms with Gasteiger partial charge < -0.3 is 10.6 Å². The summed E-state index contributed by atoms with van der Waals surface area (Å²) in [6, 6.07) is 8.79. The molecule has 6 nitrogen and oxygen atoms in total. The van der Waals surface area contributed by atoms with E-state index in [0.717, 1.165) is 23.3 Å². The van der Waals surface area contributed by atoms with Gasteiger partial charge in [0.05, 0.1) is 5.56 Å². The second-order valence-electron chi connectivity index (χ2n) is 8.55. The van der Waals surface area contributed by atoms with Gasteiger partial charge in [0.25, 0.3) is 0 Å². The number of allylic oxidation sites excluding steroid dienone is 3. The Morgan fingerprint density at radius 1 is 1.03 bits per heavy atom. The van der Waals surface area contributed by atoms with Gasteiger partial charge in [-0.2, -0.15) is 28.1 Å². The van der Waals surface area contributed by atoms with Crippen LogP contribution < -0.4 is 10.6 Å². The number of rotatable bonds is 10. The van der Waals surface area contributed by atoms with Gasteiger partial charge in [-0.3, -0.25) is 4.98 Å². The fourth-order valence-corrected chi connectivity index (χ4v) is 3.32. The van der Waals surface area contributed by atoms with Gasteiger partial charge >= 0.3 is 6.18 Å². The molecule has 35 heavy (non-hydrogen) atoms. The first-order chi connectivity index (χ1) is 16.8. The van der Waals surface area contributed by atoms with Gasteiger partial charge in [0.15, 0.2) is 0 Å². The summed E-state index contributed by atoms with van der Waals surface area (Å²) >= 11 is 0. The van der Waals surface area contributed by atoms with Crippen LogP contribution >= 0.6 is 0 Å². The Bertz CT molecular complexity index is 1190. The Morgan fingerprint density at radius 3 is 2.54 bits per heavy atom. The molecule has 0 unspecified atom stereocenters. The number of hydrogen-bond acceptors (Lipinski definition) is 6. The molecule has 4 rings (SSSR count). The standard InChI is InChI=1S/C26H27F3N6/c1-18(4-2-5-19-8-9-19)17-31-24-33-23(11-10-20-12-14-30-15-13-20)34-25(35-24)32-22-7-3-6-21(16-22)26(27,28)29/h2-7,12-16,19H,8-11,17H2,1H3,(H2,31,32,33,34,35)/b5-2-,18-4+. The van der Waals surface area contributed by atoms with Crippen molar-refractivity contribution in [2.75, 3.05) is 17.2 Å². The highest BCUT2D eigenvalue weighted by Gasteiger charge is 2.30. The van der Waals surface area contributed by atoms with Crippen LogP contribution in [0, 0.1) is 5.92 Å². The van der Waals surface area contributed by atoms with Crippen molar-refractivity contribution in [1.29, 1.82) is 0 Å². The zero-order valence-electron chi connectivity index (χ0n) is 19.4. The lowest BCUT2D eigenvalue weighted by atomic mass is 10.1. The first-order valence-corrected chi connectivity index (χ1v) is 11.5. The molecule has 9 heteroatoms. The molecule has 1 saturated carbocycles. The van der Waals surface area contributed by atoms with E-state index in [2.05, 4.69) is 48.8 Å². The normalized spacial score (nSPS) is 14.3. The number of pyridine rings is 1. The number of halogens is 3. The topological polar surface area (TPSA) is 75.6 Å². The minimum Gasteiger partial charge on any atom is -0.350 e. The van der Waals surface area contributed by atoms with Crippen LogP contribution in [0.2, 0.25) is 0 Å². The summed E-state index contributed by atoms with van der Waals surface area (Å²) in [5.74, 6) is 1.78. The Hall–Kier alpha value is -3.75. The van der Waals surface area contributed by atoms with Crippen molar-refractivity contribution >= 4 is 17.6 Å². The minimum absolute atomic E-state index is 0.182. The fourth-order valence-electron chi connectivity index (χ4n) is 3.32. The molecule has 3 aromatic rings. The molecule has 1 aromatic carbocycles. The van der Waals surface area contributed by atoms with E-state index in [1.807, 2.05) is 19.1 Å². The average molecular weight is 481 g/mol. The molecule has 2 aromatic heterocycles. The molecule has 2 heterocycles. The molecule has 0 bridgehead atoms. The quantitative estimate of drug-likeness (QED) is 0.340. The molecule has 0 atom stereocenters. The number of alkyl halides is 3. The van der Waals surface area contributed by atoms with Crippen molar-refractivity contribution in [1.82, 2.24) is 19.9 Å². The van der Waals surface area contributed by atoms with Crippen molar-refractivity contribution < 1.29 is 13.2 Å². The van der Waals surface area contributed by atoms with E-state index < -0.39 is 11.7 Å². The lowest BCUT2D eigenvalue weighted by Crippen LogP contribution is -2.12. The summed E-state index contributed by atoms with van der Waals surface area (Å²) in [7, 11) is 0. The lowest BCUT2D eigenvalue weighted by molar-refractivity contribution is -0.137. The maximum atomic E-state index is 13.1. The van der Waals surface area contributed by atoms with E-state index in [0.29, 0.717) is 37.1 Å². The molecule has 182 valence electrons. The van der Waals surface area contributed by atoms with Crippen molar-refractivity contribution in [2.45, 2.75) is 38.8 Å². The molecule has 0 saturated heterocycles. The van der Waals surface area contributed by atoms with Crippen molar-refractivity contribution in [3.8, 4) is 0 Å². The smallest absolute Gasteiger partial charge is 0.350 e.